The summed E-state index contributed by atoms with van der Waals surface area (Å²) in [6, 6.07) is 7.39. The Bertz CT molecular complexity index is 267. The largest absolute Gasteiger partial charge is 0.427 e. The summed E-state index contributed by atoms with van der Waals surface area (Å²) >= 11 is 0. The van der Waals surface area contributed by atoms with Gasteiger partial charge in [0, 0.05) is 6.92 Å². The Morgan fingerprint density at radius 2 is 1.92 bits per heavy atom. The van der Waals surface area contributed by atoms with Crippen LogP contribution in [0.1, 0.15) is 26.3 Å². The van der Waals surface area contributed by atoms with Crippen molar-refractivity contribution in [3.05, 3.63) is 29.8 Å². The maximum atomic E-state index is 10.5. The summed E-state index contributed by atoms with van der Waals surface area (Å²) in [7, 11) is 0. The molecule has 0 bridgehead atoms. The van der Waals surface area contributed by atoms with Gasteiger partial charge in [-0.05, 0) is 24.6 Å². The fraction of sp³-hybridized carbons (Fsp3) is 0.364. The van der Waals surface area contributed by atoms with Crippen LogP contribution < -0.4 is 4.74 Å². The summed E-state index contributed by atoms with van der Waals surface area (Å²) < 4.78 is 4.86. The maximum absolute atomic E-state index is 10.5. The van der Waals surface area contributed by atoms with E-state index in [9.17, 15) is 4.79 Å². The molecule has 13 heavy (non-hydrogen) atoms. The van der Waals surface area contributed by atoms with Gasteiger partial charge in [-0.2, -0.15) is 0 Å². The summed E-state index contributed by atoms with van der Waals surface area (Å²) in [6.45, 7) is 7.34. The van der Waals surface area contributed by atoms with E-state index in [4.69, 9.17) is 4.74 Å². The molecule has 0 aliphatic rings. The zero-order chi connectivity index (χ0) is 10.3. The SMILES string of the molecule is CC.CC(=O)Oc1cccc(C)c1. The van der Waals surface area contributed by atoms with E-state index < -0.39 is 0 Å². The van der Waals surface area contributed by atoms with Gasteiger partial charge >= 0.3 is 5.97 Å². The Hall–Kier alpha value is -1.31. The Labute approximate surface area is 79.5 Å². The third-order valence-corrected chi connectivity index (χ3v) is 1.25. The van der Waals surface area contributed by atoms with E-state index in [1.165, 1.54) is 6.92 Å². The van der Waals surface area contributed by atoms with Gasteiger partial charge in [0.25, 0.3) is 0 Å². The fourth-order valence-corrected chi connectivity index (χ4v) is 0.845. The number of hydrogen-bond donors (Lipinski definition) is 0. The smallest absolute Gasteiger partial charge is 0.308 e. The lowest BCUT2D eigenvalue weighted by Crippen LogP contribution is -2.00. The lowest BCUT2D eigenvalue weighted by molar-refractivity contribution is -0.131. The molecule has 0 atom stereocenters. The van der Waals surface area contributed by atoms with Gasteiger partial charge in [0.05, 0.1) is 0 Å². The average molecular weight is 180 g/mol. The van der Waals surface area contributed by atoms with Crippen LogP contribution in [-0.4, -0.2) is 5.97 Å². The highest BCUT2D eigenvalue weighted by molar-refractivity contribution is 5.69. The molecule has 0 saturated heterocycles. The van der Waals surface area contributed by atoms with Crippen molar-refractivity contribution in [2.45, 2.75) is 27.7 Å². The first-order valence-electron chi connectivity index (χ1n) is 4.43. The minimum atomic E-state index is -0.282. The molecule has 0 radical (unpaired) electrons. The molecule has 0 fully saturated rings. The Morgan fingerprint density at radius 1 is 1.31 bits per heavy atom. The van der Waals surface area contributed by atoms with Crippen LogP contribution in [0.2, 0.25) is 0 Å². The second-order valence-electron chi connectivity index (χ2n) is 2.41. The molecule has 0 aliphatic carbocycles. The van der Waals surface area contributed by atoms with Crippen LogP contribution in [0.25, 0.3) is 0 Å². The molecule has 0 spiro atoms. The predicted octanol–water partition coefficient (Wildman–Crippen LogP) is 2.95. The highest BCUT2D eigenvalue weighted by atomic mass is 16.5. The van der Waals surface area contributed by atoms with Crippen molar-refractivity contribution in [1.29, 1.82) is 0 Å². The maximum Gasteiger partial charge on any atom is 0.308 e. The molecule has 0 aliphatic heterocycles. The van der Waals surface area contributed by atoms with Crippen molar-refractivity contribution >= 4 is 5.97 Å². The second kappa shape index (κ2) is 6.23. The number of rotatable bonds is 1. The number of hydrogen-bond acceptors (Lipinski definition) is 2. The number of carbonyl (C=O) groups excluding carboxylic acids is 1. The van der Waals surface area contributed by atoms with E-state index in [0.29, 0.717) is 5.75 Å². The molecule has 0 amide bonds. The predicted molar refractivity (Wildman–Crippen MR) is 53.8 cm³/mol. The lowest BCUT2D eigenvalue weighted by atomic mass is 10.2. The third-order valence-electron chi connectivity index (χ3n) is 1.25. The van der Waals surface area contributed by atoms with E-state index in [1.807, 2.05) is 39.0 Å². The molecule has 0 N–H and O–H groups in total. The quantitative estimate of drug-likeness (QED) is 0.490. The Kier molecular flexibility index (Phi) is 5.60. The highest BCUT2D eigenvalue weighted by Crippen LogP contribution is 2.11. The van der Waals surface area contributed by atoms with E-state index in [0.717, 1.165) is 5.56 Å². The fourth-order valence-electron chi connectivity index (χ4n) is 0.845. The van der Waals surface area contributed by atoms with Crippen LogP contribution in [0.5, 0.6) is 5.75 Å². The summed E-state index contributed by atoms with van der Waals surface area (Å²) in [4.78, 5) is 10.5. The third kappa shape index (κ3) is 5.01. The average Bonchev–Trinajstić information content (AvgIpc) is 2.06. The van der Waals surface area contributed by atoms with Crippen molar-refractivity contribution in [1.82, 2.24) is 0 Å². The second-order valence-corrected chi connectivity index (χ2v) is 2.41. The lowest BCUT2D eigenvalue weighted by Gasteiger charge is -2.00. The summed E-state index contributed by atoms with van der Waals surface area (Å²) in [5.41, 5.74) is 1.09. The summed E-state index contributed by atoms with van der Waals surface area (Å²) in [6.07, 6.45) is 0. The first kappa shape index (κ1) is 11.7. The van der Waals surface area contributed by atoms with E-state index in [2.05, 4.69) is 0 Å². The zero-order valence-electron chi connectivity index (χ0n) is 8.63. The molecule has 0 heterocycles. The van der Waals surface area contributed by atoms with Gasteiger partial charge in [-0.1, -0.05) is 26.0 Å². The number of carbonyl (C=O) groups is 1. The molecule has 1 aromatic carbocycles. The number of benzene rings is 1. The van der Waals surface area contributed by atoms with Gasteiger partial charge in [0.1, 0.15) is 5.75 Å². The van der Waals surface area contributed by atoms with Crippen LogP contribution in [0.4, 0.5) is 0 Å². The molecule has 2 heteroatoms. The van der Waals surface area contributed by atoms with Gasteiger partial charge in [0.15, 0.2) is 0 Å². The minimum Gasteiger partial charge on any atom is -0.427 e. The van der Waals surface area contributed by atoms with Crippen molar-refractivity contribution < 1.29 is 9.53 Å². The first-order chi connectivity index (χ1) is 6.18. The minimum absolute atomic E-state index is 0.282. The summed E-state index contributed by atoms with van der Waals surface area (Å²) in [5, 5.41) is 0. The van der Waals surface area contributed by atoms with Gasteiger partial charge in [-0.3, -0.25) is 4.79 Å². The molecule has 72 valence electrons. The Morgan fingerprint density at radius 3 is 2.38 bits per heavy atom. The van der Waals surface area contributed by atoms with Crippen molar-refractivity contribution in [3.8, 4) is 5.75 Å². The molecule has 1 rings (SSSR count). The molecule has 0 saturated carbocycles. The molecule has 0 unspecified atom stereocenters. The number of aryl methyl sites for hydroxylation is 1. The molecule has 1 aromatic rings. The van der Waals surface area contributed by atoms with Gasteiger partial charge in [-0.15, -0.1) is 0 Å². The van der Waals surface area contributed by atoms with Crippen LogP contribution in [-0.2, 0) is 4.79 Å². The van der Waals surface area contributed by atoms with E-state index in [-0.39, 0.29) is 5.97 Å². The van der Waals surface area contributed by atoms with Crippen molar-refractivity contribution in [2.24, 2.45) is 0 Å². The Balaban J connectivity index is 0.000000671. The van der Waals surface area contributed by atoms with Gasteiger partial charge in [-0.25, -0.2) is 0 Å². The topological polar surface area (TPSA) is 26.3 Å². The van der Waals surface area contributed by atoms with Gasteiger partial charge < -0.3 is 4.74 Å². The monoisotopic (exact) mass is 180 g/mol. The number of esters is 1. The van der Waals surface area contributed by atoms with Crippen LogP contribution in [0, 0.1) is 6.92 Å². The molecular formula is C11H16O2. The van der Waals surface area contributed by atoms with E-state index in [1.54, 1.807) is 6.07 Å². The van der Waals surface area contributed by atoms with Crippen LogP contribution >= 0.6 is 0 Å². The van der Waals surface area contributed by atoms with Crippen molar-refractivity contribution in [3.63, 3.8) is 0 Å². The normalized spacial score (nSPS) is 8.31. The van der Waals surface area contributed by atoms with Crippen LogP contribution in [0.3, 0.4) is 0 Å². The molecule has 2 nitrogen and oxygen atoms in total. The number of ether oxygens (including phenoxy) is 1. The first-order valence-corrected chi connectivity index (χ1v) is 4.43. The van der Waals surface area contributed by atoms with Crippen LogP contribution in [0.15, 0.2) is 24.3 Å². The molecular weight excluding hydrogens is 164 g/mol. The molecule has 0 aromatic heterocycles. The van der Waals surface area contributed by atoms with Crippen molar-refractivity contribution in [2.75, 3.05) is 0 Å². The zero-order valence-corrected chi connectivity index (χ0v) is 8.63. The summed E-state index contributed by atoms with van der Waals surface area (Å²) in [5.74, 6) is 0.327. The standard InChI is InChI=1S/C9H10O2.C2H6/c1-7-4-3-5-9(6-7)11-8(2)10;1-2/h3-6H,1-2H3;1-2H3. The highest BCUT2D eigenvalue weighted by Gasteiger charge is 1.95. The van der Waals surface area contributed by atoms with Gasteiger partial charge in [0.2, 0.25) is 0 Å². The van der Waals surface area contributed by atoms with E-state index >= 15 is 0 Å².